The second-order valence-corrected chi connectivity index (χ2v) is 11.9. The van der Waals surface area contributed by atoms with Gasteiger partial charge in [-0.25, -0.2) is 4.98 Å². The molecule has 0 unspecified atom stereocenters. The van der Waals surface area contributed by atoms with Crippen molar-refractivity contribution >= 4 is 28.7 Å². The number of morpholine rings is 2. The van der Waals surface area contributed by atoms with E-state index < -0.39 is 0 Å². The van der Waals surface area contributed by atoms with Crippen LogP contribution >= 0.6 is 11.9 Å². The van der Waals surface area contributed by atoms with Gasteiger partial charge in [-0.05, 0) is 76.7 Å². The number of hydrogen-bond donors (Lipinski definition) is 0. The number of benzene rings is 3. The lowest BCUT2D eigenvalue weighted by molar-refractivity contribution is 0.0341. The molecular formula is C35H33N5O2S. The zero-order valence-electron chi connectivity index (χ0n) is 24.0. The molecule has 2 aliphatic heterocycles. The van der Waals surface area contributed by atoms with Crippen LogP contribution in [0.3, 0.4) is 0 Å². The zero-order chi connectivity index (χ0) is 29.0. The number of ether oxygens (including phenoxy) is 2. The number of hydrogen-bond acceptors (Lipinski definition) is 7. The predicted molar refractivity (Wildman–Crippen MR) is 172 cm³/mol. The van der Waals surface area contributed by atoms with Gasteiger partial charge < -0.3 is 14.4 Å². The van der Waals surface area contributed by atoms with Crippen molar-refractivity contribution in [1.29, 1.82) is 5.26 Å². The fourth-order valence-electron chi connectivity index (χ4n) is 5.86. The molecule has 0 atom stereocenters. The first-order chi connectivity index (χ1) is 21.3. The quantitative estimate of drug-likeness (QED) is 0.216. The Bertz CT molecular complexity index is 1750. The Kier molecular flexibility index (Phi) is 8.13. The Hall–Kier alpha value is -4.13. The Balaban J connectivity index is 1.29. The van der Waals surface area contributed by atoms with Crippen molar-refractivity contribution in [2.75, 3.05) is 57.5 Å². The maximum absolute atomic E-state index is 10.1. The van der Waals surface area contributed by atoms with Gasteiger partial charge in [-0.2, -0.15) is 5.26 Å². The summed E-state index contributed by atoms with van der Waals surface area (Å²) in [6, 6.07) is 32.3. The molecule has 43 heavy (non-hydrogen) atoms. The van der Waals surface area contributed by atoms with Crippen LogP contribution in [0.5, 0.6) is 0 Å². The van der Waals surface area contributed by atoms with Gasteiger partial charge in [-0.1, -0.05) is 42.5 Å². The van der Waals surface area contributed by atoms with Crippen molar-refractivity contribution in [3.63, 3.8) is 0 Å². The van der Waals surface area contributed by atoms with Crippen molar-refractivity contribution in [3.8, 4) is 28.5 Å². The first-order valence-corrected chi connectivity index (χ1v) is 15.5. The van der Waals surface area contributed by atoms with E-state index in [4.69, 9.17) is 14.5 Å². The number of nitriles is 1. The minimum atomic E-state index is 0.714. The first kappa shape index (κ1) is 27.7. The standard InChI is InChI=1S/C35H33N5O2S/c36-24-29-22-27(6-7-28(29)25-38-14-18-41-19-15-38)32-12-13-37-35-33(32)23-34(40(35)43-31-4-2-1-3-5-31)26-8-10-30(11-9-26)39-16-20-42-21-17-39/h1-13,22-23H,14-21,25H2. The van der Waals surface area contributed by atoms with E-state index in [0.29, 0.717) is 5.56 Å². The van der Waals surface area contributed by atoms with Crippen LogP contribution in [0.4, 0.5) is 5.69 Å². The summed E-state index contributed by atoms with van der Waals surface area (Å²) < 4.78 is 13.3. The average Bonchev–Trinajstić information content (AvgIpc) is 3.44. The van der Waals surface area contributed by atoms with Crippen LogP contribution in [0.25, 0.3) is 33.4 Å². The third kappa shape index (κ3) is 5.90. The Morgan fingerprint density at radius 1 is 0.791 bits per heavy atom. The third-order valence-corrected chi connectivity index (χ3v) is 9.21. The summed E-state index contributed by atoms with van der Waals surface area (Å²) in [7, 11) is 0. The van der Waals surface area contributed by atoms with E-state index >= 15 is 0 Å². The minimum absolute atomic E-state index is 0.714. The second kappa shape index (κ2) is 12.6. The number of aromatic nitrogens is 2. The Morgan fingerprint density at radius 3 is 2.26 bits per heavy atom. The summed E-state index contributed by atoms with van der Waals surface area (Å²) >= 11 is 1.67. The topological polar surface area (TPSA) is 66.6 Å². The molecule has 0 aliphatic carbocycles. The molecule has 2 fully saturated rings. The largest absolute Gasteiger partial charge is 0.379 e. The Morgan fingerprint density at radius 2 is 1.51 bits per heavy atom. The van der Waals surface area contributed by atoms with Crippen molar-refractivity contribution < 1.29 is 9.47 Å². The molecule has 0 amide bonds. The molecule has 2 aromatic heterocycles. The molecule has 216 valence electrons. The number of fused-ring (bicyclic) bond motifs is 1. The molecule has 3 aromatic carbocycles. The van der Waals surface area contributed by atoms with Crippen molar-refractivity contribution in [1.82, 2.24) is 13.9 Å². The lowest BCUT2D eigenvalue weighted by Crippen LogP contribution is -2.36. The van der Waals surface area contributed by atoms with Crippen LogP contribution in [-0.2, 0) is 16.0 Å². The molecule has 0 bridgehead atoms. The van der Waals surface area contributed by atoms with Gasteiger partial charge in [-0.15, -0.1) is 0 Å². The van der Waals surface area contributed by atoms with Crippen LogP contribution in [-0.4, -0.2) is 66.5 Å². The summed E-state index contributed by atoms with van der Waals surface area (Å²) in [5.74, 6) is 0. The summed E-state index contributed by atoms with van der Waals surface area (Å²) in [6.45, 7) is 7.36. The molecule has 7 rings (SSSR count). The van der Waals surface area contributed by atoms with E-state index in [1.54, 1.807) is 11.9 Å². The van der Waals surface area contributed by atoms with E-state index in [-0.39, 0.29) is 0 Å². The fraction of sp³-hybridized carbons (Fsp3) is 0.257. The highest BCUT2D eigenvalue weighted by atomic mass is 32.2. The van der Waals surface area contributed by atoms with Crippen molar-refractivity contribution in [2.45, 2.75) is 11.4 Å². The highest BCUT2D eigenvalue weighted by molar-refractivity contribution is 7.98. The minimum Gasteiger partial charge on any atom is -0.379 e. The smallest absolute Gasteiger partial charge is 0.151 e. The molecule has 0 saturated carbocycles. The zero-order valence-corrected chi connectivity index (χ0v) is 24.8. The van der Waals surface area contributed by atoms with Gasteiger partial charge in [-0.3, -0.25) is 8.87 Å². The molecule has 2 aliphatic rings. The number of pyridine rings is 1. The number of rotatable bonds is 7. The van der Waals surface area contributed by atoms with Crippen molar-refractivity contribution in [3.05, 3.63) is 102 Å². The SMILES string of the molecule is N#Cc1cc(-c2ccnc3c2cc(-c2ccc(N4CCOCC4)cc2)n3Sc2ccccc2)ccc1CN1CCOCC1. The first-order valence-electron chi connectivity index (χ1n) is 14.8. The third-order valence-electron chi connectivity index (χ3n) is 8.18. The van der Waals surface area contributed by atoms with Gasteiger partial charge in [0.1, 0.15) is 0 Å². The highest BCUT2D eigenvalue weighted by Crippen LogP contribution is 2.39. The maximum Gasteiger partial charge on any atom is 0.151 e. The molecule has 0 spiro atoms. The molecule has 0 radical (unpaired) electrons. The molecule has 7 nitrogen and oxygen atoms in total. The van der Waals surface area contributed by atoms with Gasteiger partial charge in [0.2, 0.25) is 0 Å². The number of anilines is 1. The van der Waals surface area contributed by atoms with Gasteiger partial charge in [0.05, 0.1) is 43.8 Å². The Labute approximate surface area is 256 Å². The normalized spacial score (nSPS) is 15.9. The predicted octanol–water partition coefficient (Wildman–Crippen LogP) is 6.47. The fourth-order valence-corrected chi connectivity index (χ4v) is 6.84. The van der Waals surface area contributed by atoms with Gasteiger partial charge in [0, 0.05) is 54.9 Å². The molecular weight excluding hydrogens is 554 g/mol. The van der Waals surface area contributed by atoms with Crippen LogP contribution in [0.2, 0.25) is 0 Å². The summed E-state index contributed by atoms with van der Waals surface area (Å²) in [4.78, 5) is 10.7. The summed E-state index contributed by atoms with van der Waals surface area (Å²) in [5, 5.41) is 11.1. The van der Waals surface area contributed by atoms with E-state index in [1.165, 1.54) is 5.69 Å². The van der Waals surface area contributed by atoms with Crippen LogP contribution < -0.4 is 4.90 Å². The van der Waals surface area contributed by atoms with E-state index in [1.807, 2.05) is 18.3 Å². The molecule has 5 aromatic rings. The summed E-state index contributed by atoms with van der Waals surface area (Å²) in [6.07, 6.45) is 1.87. The lowest BCUT2D eigenvalue weighted by Gasteiger charge is -2.28. The molecule has 8 heteroatoms. The van der Waals surface area contributed by atoms with Gasteiger partial charge in [0.15, 0.2) is 5.65 Å². The van der Waals surface area contributed by atoms with E-state index in [9.17, 15) is 5.26 Å². The van der Waals surface area contributed by atoms with Crippen LogP contribution in [0, 0.1) is 11.3 Å². The molecule has 0 N–H and O–H groups in total. The van der Waals surface area contributed by atoms with E-state index in [0.717, 1.165) is 103 Å². The number of nitrogens with zero attached hydrogens (tertiary/aromatic N) is 5. The highest BCUT2D eigenvalue weighted by Gasteiger charge is 2.19. The maximum atomic E-state index is 10.1. The second-order valence-electron chi connectivity index (χ2n) is 10.8. The monoisotopic (exact) mass is 587 g/mol. The van der Waals surface area contributed by atoms with Crippen LogP contribution in [0.1, 0.15) is 11.1 Å². The van der Waals surface area contributed by atoms with Gasteiger partial charge >= 0.3 is 0 Å². The van der Waals surface area contributed by atoms with E-state index in [2.05, 4.69) is 92.6 Å². The lowest BCUT2D eigenvalue weighted by atomic mass is 9.98. The summed E-state index contributed by atoms with van der Waals surface area (Å²) in [5.41, 5.74) is 8.18. The van der Waals surface area contributed by atoms with Crippen LogP contribution in [0.15, 0.2) is 96.0 Å². The average molecular weight is 588 g/mol. The van der Waals surface area contributed by atoms with Crippen molar-refractivity contribution in [2.24, 2.45) is 0 Å². The molecule has 2 saturated heterocycles. The van der Waals surface area contributed by atoms with Gasteiger partial charge in [0.25, 0.3) is 0 Å². The molecule has 4 heterocycles.